The lowest BCUT2D eigenvalue weighted by Gasteiger charge is -2.25. The number of amides is 2. The Bertz CT molecular complexity index is 3440. The zero-order chi connectivity index (χ0) is 64.8. The van der Waals surface area contributed by atoms with Gasteiger partial charge in [-0.2, -0.15) is 26.4 Å². The molecule has 0 radical (unpaired) electrons. The molecule has 1 saturated heterocycles. The van der Waals surface area contributed by atoms with E-state index in [0.717, 1.165) is 44.9 Å². The van der Waals surface area contributed by atoms with Gasteiger partial charge in [0.2, 0.25) is 17.5 Å². The van der Waals surface area contributed by atoms with Crippen molar-refractivity contribution in [2.45, 2.75) is 125 Å². The number of rotatable bonds is 36. The van der Waals surface area contributed by atoms with Crippen molar-refractivity contribution in [2.24, 2.45) is 0 Å². The third-order valence-electron chi connectivity index (χ3n) is 14.8. The lowest BCUT2D eigenvalue weighted by atomic mass is 9.81. The number of carbonyl (C=O) groups excluding carboxylic acids is 2. The summed E-state index contributed by atoms with van der Waals surface area (Å²) in [6.07, 6.45) is 2.89. The molecule has 11 N–H and O–H groups in total. The number of aliphatic hydroxyl groups excluding tert-OH is 1. The average Bonchev–Trinajstić information content (AvgIpc) is 1.61. The monoisotopic (exact) mass is 1320 g/mol. The van der Waals surface area contributed by atoms with E-state index in [-0.39, 0.29) is 78.8 Å². The number of aromatic nitrogens is 2. The fourth-order valence-electron chi connectivity index (χ4n) is 10.5. The SMILES string of the molecule is CCN1/C(=C/C=C/C2=[N+](CCCCCC(=O)NCCOCCOCCOCCOCCC(=O)NCCCc3cn([C@@H]4O[C@H](COP(=O)(O)O)C(OP(=O)(O)O)[C@@H]4O)c(=O)nc3N)c3ccc(S(=O)(=O)O)cc3C2(C)C)C(C)(C)c2cc(S(=O)(=O)O)ccc21. The molecule has 3 aliphatic heterocycles. The minimum Gasteiger partial charge on any atom is -0.386 e. The second-order valence-corrected chi connectivity index (χ2v) is 27.1. The Kier molecular flexibility index (Phi) is 25.5. The highest BCUT2D eigenvalue weighted by atomic mass is 32.2. The van der Waals surface area contributed by atoms with Crippen LogP contribution in [0.5, 0.6) is 0 Å². The molecule has 0 spiro atoms. The van der Waals surface area contributed by atoms with Gasteiger partial charge in [0.25, 0.3) is 20.2 Å². The van der Waals surface area contributed by atoms with Gasteiger partial charge in [-0.25, -0.2) is 13.9 Å². The number of aliphatic hydroxyl groups is 1. The maximum atomic E-state index is 12.7. The van der Waals surface area contributed by atoms with Gasteiger partial charge in [0.15, 0.2) is 11.9 Å². The number of nitrogen functional groups attached to an aromatic ring is 1. The van der Waals surface area contributed by atoms with Gasteiger partial charge in [-0.3, -0.25) is 32.3 Å². The van der Waals surface area contributed by atoms with Crippen molar-refractivity contribution < 1.29 is 107 Å². The van der Waals surface area contributed by atoms with Crippen molar-refractivity contribution in [2.75, 3.05) is 96.3 Å². The van der Waals surface area contributed by atoms with Gasteiger partial charge in [0, 0.05) is 85.2 Å². The second-order valence-electron chi connectivity index (χ2n) is 21.8. The van der Waals surface area contributed by atoms with Crippen molar-refractivity contribution in [1.29, 1.82) is 0 Å². The van der Waals surface area contributed by atoms with Crippen LogP contribution in [0, 0.1) is 0 Å². The van der Waals surface area contributed by atoms with E-state index in [2.05, 4.69) is 34.1 Å². The first-order chi connectivity index (χ1) is 41.2. The summed E-state index contributed by atoms with van der Waals surface area (Å²) in [7, 11) is -19.2. The van der Waals surface area contributed by atoms with Crippen molar-refractivity contribution in [3.63, 3.8) is 0 Å². The maximum absolute atomic E-state index is 12.7. The van der Waals surface area contributed by atoms with Crippen LogP contribution >= 0.6 is 15.6 Å². The summed E-state index contributed by atoms with van der Waals surface area (Å²) >= 11 is 0. The van der Waals surface area contributed by atoms with Crippen LogP contribution in [-0.2, 0) is 88.9 Å². The number of unbranched alkanes of at least 4 members (excludes halogenated alkanes) is 2. The average molecular weight is 1320 g/mol. The lowest BCUT2D eigenvalue weighted by Crippen LogP contribution is -2.38. The molecule has 490 valence electrons. The zero-order valence-corrected chi connectivity index (χ0v) is 52.9. The van der Waals surface area contributed by atoms with Gasteiger partial charge in [-0.15, -0.1) is 0 Å². The summed E-state index contributed by atoms with van der Waals surface area (Å²) < 4.78 is 130. The summed E-state index contributed by atoms with van der Waals surface area (Å²) in [6.45, 7) is 12.7. The van der Waals surface area contributed by atoms with Crippen molar-refractivity contribution in [3.05, 3.63) is 93.7 Å². The number of fused-ring (bicyclic) bond motifs is 2. The molecule has 0 saturated carbocycles. The minimum absolute atomic E-state index is 0.0548. The molecule has 2 amide bonds. The third-order valence-corrected chi connectivity index (χ3v) is 17.5. The summed E-state index contributed by atoms with van der Waals surface area (Å²) in [4.78, 5) is 79.9. The van der Waals surface area contributed by atoms with E-state index in [0.29, 0.717) is 71.7 Å². The zero-order valence-electron chi connectivity index (χ0n) is 49.5. The molecule has 88 heavy (non-hydrogen) atoms. The Morgan fingerprint density at radius 3 is 1.99 bits per heavy atom. The fourth-order valence-corrected chi connectivity index (χ4v) is 12.4. The van der Waals surface area contributed by atoms with Gasteiger partial charge >= 0.3 is 21.3 Å². The highest BCUT2D eigenvalue weighted by Crippen LogP contribution is 2.49. The number of hydrogen-bond acceptors (Lipinski definition) is 20. The summed E-state index contributed by atoms with van der Waals surface area (Å²) in [5.74, 6) is -0.581. The van der Waals surface area contributed by atoms with E-state index in [1.54, 1.807) is 12.1 Å². The van der Waals surface area contributed by atoms with Crippen LogP contribution in [-0.4, -0.2) is 186 Å². The minimum atomic E-state index is -5.27. The summed E-state index contributed by atoms with van der Waals surface area (Å²) in [6, 6.07) is 9.16. The normalized spacial score (nSPS) is 19.7. The third kappa shape index (κ3) is 19.9. The molecule has 1 unspecified atom stereocenters. The molecule has 3 aromatic rings. The number of hydrogen-bond donors (Lipinski definition) is 10. The quantitative estimate of drug-likeness (QED) is 0.0173. The molecule has 1 aromatic heterocycles. The van der Waals surface area contributed by atoms with E-state index in [9.17, 15) is 64.3 Å². The molecule has 6 rings (SSSR count). The molecule has 34 heteroatoms. The Labute approximate surface area is 510 Å². The van der Waals surface area contributed by atoms with E-state index >= 15 is 0 Å². The number of carbonyl (C=O) groups is 2. The number of nitrogens with one attached hydrogen (secondary N) is 2. The fraction of sp³-hybridized carbons (Fsp3) is 0.574. The Balaban J connectivity index is 0.812. The van der Waals surface area contributed by atoms with E-state index in [1.807, 2.05) is 52.8 Å². The molecule has 30 nitrogen and oxygen atoms in total. The Morgan fingerprint density at radius 2 is 1.38 bits per heavy atom. The highest BCUT2D eigenvalue weighted by Gasteiger charge is 2.50. The van der Waals surface area contributed by atoms with Crippen LogP contribution in [0.4, 0.5) is 17.2 Å². The number of allylic oxidation sites excluding steroid dienone is 4. The van der Waals surface area contributed by atoms with Crippen LogP contribution in [0.15, 0.2) is 81.1 Å². The molecule has 4 heterocycles. The highest BCUT2D eigenvalue weighted by molar-refractivity contribution is 7.86. The predicted molar refractivity (Wildman–Crippen MR) is 317 cm³/mol. The molecular formula is C54H80N7O23P2S2+. The predicted octanol–water partition coefficient (Wildman–Crippen LogP) is 2.68. The molecule has 0 aliphatic carbocycles. The number of ether oxygens (including phenoxy) is 5. The van der Waals surface area contributed by atoms with E-state index < -0.39 is 83.5 Å². The number of likely N-dealkylation sites (N-methyl/N-ethyl adjacent to an activating group) is 1. The smallest absolute Gasteiger partial charge is 0.386 e. The topological polar surface area (TPSA) is 434 Å². The first-order valence-electron chi connectivity index (χ1n) is 28.3. The standard InChI is InChI=1S/C54H79N7O23P2S2/c1-6-59-41-18-16-37(87(72,73)74)32-39(41)53(2,3)44(59)13-10-14-45-54(4,5)40-33-38(88(75,76)77)17-19-42(40)60(45)23-9-7-8-15-46(62)57-22-25-79-27-29-81-31-30-80-28-26-78-24-20-47(63)56-21-11-12-36-34-61(52(65)58-50(36)55)51-48(64)49(84-86(69,70)71)43(83-51)35-82-85(66,67)68/h10,13-14,16-19,32-34,43,48-49,51,64H,6-9,11-12,15,20-31,35H2,1-5H3,(H9-,55,56,57,58,62,63,65,66,67,68,69,70,71,72,73,74,75,76,77)/p+1/t43-,48+,49?,51-/m1/s1. The Morgan fingerprint density at radius 1 is 0.784 bits per heavy atom. The summed E-state index contributed by atoms with van der Waals surface area (Å²) in [5.41, 5.74) is 8.82. The number of phosphoric ester groups is 2. The molecule has 2 aromatic carbocycles. The number of nitrogens with two attached hydrogens (primary N) is 1. The van der Waals surface area contributed by atoms with Crippen LogP contribution in [0.1, 0.15) is 96.1 Å². The second kappa shape index (κ2) is 31.2. The first kappa shape index (κ1) is 71.9. The number of aryl methyl sites for hydroxylation is 1. The molecule has 1 fully saturated rings. The maximum Gasteiger partial charge on any atom is 0.470 e. The molecule has 3 aliphatic rings. The van der Waals surface area contributed by atoms with E-state index in [1.165, 1.54) is 30.5 Å². The van der Waals surface area contributed by atoms with Crippen molar-refractivity contribution >= 4 is 70.6 Å². The number of phosphoric acid groups is 2. The largest absolute Gasteiger partial charge is 0.470 e. The van der Waals surface area contributed by atoms with Crippen LogP contribution in [0.2, 0.25) is 0 Å². The summed E-state index contributed by atoms with van der Waals surface area (Å²) in [5, 5.41) is 16.4. The van der Waals surface area contributed by atoms with Gasteiger partial charge in [0.1, 0.15) is 30.7 Å². The van der Waals surface area contributed by atoms with Crippen LogP contribution in [0.25, 0.3) is 0 Å². The van der Waals surface area contributed by atoms with Gasteiger partial charge in [-0.05, 0) is 88.4 Å². The van der Waals surface area contributed by atoms with Crippen LogP contribution < -0.4 is 27.0 Å². The Hall–Kier alpha value is -5.19. The van der Waals surface area contributed by atoms with Crippen LogP contribution in [0.3, 0.4) is 0 Å². The number of anilines is 2. The van der Waals surface area contributed by atoms with Crippen molar-refractivity contribution in [3.8, 4) is 0 Å². The lowest BCUT2D eigenvalue weighted by molar-refractivity contribution is -0.438. The van der Waals surface area contributed by atoms with Crippen molar-refractivity contribution in [1.82, 2.24) is 20.2 Å². The number of nitrogens with zero attached hydrogens (tertiary/aromatic N) is 4. The number of benzene rings is 2. The van der Waals surface area contributed by atoms with E-state index in [4.69, 9.17) is 39.2 Å². The van der Waals surface area contributed by atoms with Gasteiger partial charge in [0.05, 0.1) is 74.7 Å². The molecular weight excluding hydrogens is 1240 g/mol. The van der Waals surface area contributed by atoms with Gasteiger partial charge in [-0.1, -0.05) is 19.9 Å². The first-order valence-corrected chi connectivity index (χ1v) is 34.2. The molecule has 0 bridgehead atoms. The molecule has 4 atom stereocenters. The van der Waals surface area contributed by atoms with Gasteiger partial charge < -0.3 is 69.6 Å².